The van der Waals surface area contributed by atoms with Gasteiger partial charge in [-0.1, -0.05) is 0 Å². The lowest BCUT2D eigenvalue weighted by molar-refractivity contribution is -0.132. The number of fused-ring (bicyclic) bond motifs is 1. The summed E-state index contributed by atoms with van der Waals surface area (Å²) in [7, 11) is 0. The molecule has 2 aromatic rings. The highest BCUT2D eigenvalue weighted by molar-refractivity contribution is 6.09. The van der Waals surface area contributed by atoms with Crippen LogP contribution < -0.4 is 20.1 Å². The first-order valence-electron chi connectivity index (χ1n) is 8.56. The van der Waals surface area contributed by atoms with Gasteiger partial charge in [0.25, 0.3) is 5.91 Å². The minimum Gasteiger partial charge on any atom is -0.427 e. The normalized spacial score (nSPS) is 12.9. The van der Waals surface area contributed by atoms with Crippen LogP contribution in [0.5, 0.6) is 11.5 Å². The second-order valence-electron chi connectivity index (χ2n) is 6.29. The van der Waals surface area contributed by atoms with Crippen molar-refractivity contribution in [3.05, 3.63) is 47.5 Å². The molecule has 140 valence electrons. The number of rotatable bonds is 3. The minimum atomic E-state index is -0.573. The quantitative estimate of drug-likeness (QED) is 0.508. The molecule has 1 amide bonds. The van der Waals surface area contributed by atoms with Gasteiger partial charge in [-0.05, 0) is 48.7 Å². The van der Waals surface area contributed by atoms with Gasteiger partial charge in [-0.2, -0.15) is 0 Å². The third kappa shape index (κ3) is 4.08. The fourth-order valence-electron chi connectivity index (χ4n) is 3.12. The van der Waals surface area contributed by atoms with E-state index in [0.29, 0.717) is 12.2 Å². The first kappa shape index (κ1) is 18.4. The zero-order valence-electron chi connectivity index (χ0n) is 15.2. The number of anilines is 2. The molecule has 0 fully saturated rings. The molecule has 0 aliphatic carbocycles. The van der Waals surface area contributed by atoms with Crippen LogP contribution in [0.25, 0.3) is 0 Å². The van der Waals surface area contributed by atoms with E-state index in [1.54, 1.807) is 11.0 Å². The summed E-state index contributed by atoms with van der Waals surface area (Å²) in [5.41, 5.74) is 8.50. The van der Waals surface area contributed by atoms with E-state index in [2.05, 4.69) is 0 Å². The highest BCUT2D eigenvalue weighted by atomic mass is 16.5. The van der Waals surface area contributed by atoms with Crippen molar-refractivity contribution in [2.24, 2.45) is 0 Å². The van der Waals surface area contributed by atoms with Crippen molar-refractivity contribution in [1.82, 2.24) is 0 Å². The van der Waals surface area contributed by atoms with Gasteiger partial charge in [0, 0.05) is 37.8 Å². The maximum absolute atomic E-state index is 13.2. The van der Waals surface area contributed by atoms with E-state index < -0.39 is 11.9 Å². The van der Waals surface area contributed by atoms with Crippen molar-refractivity contribution in [2.45, 2.75) is 26.7 Å². The van der Waals surface area contributed by atoms with Crippen molar-refractivity contribution in [1.29, 1.82) is 0 Å². The molecule has 0 saturated carbocycles. The summed E-state index contributed by atoms with van der Waals surface area (Å²) in [5.74, 6) is -1.14. The number of carbonyl (C=O) groups is 3. The standard InChI is InChI=1S/C20H20N2O5/c1-12(23)26-16-6-7-17(19(11-16)27-13(2)24)20(25)22-9-3-4-14-10-15(21)5-8-18(14)22/h5-8,10-11H,3-4,9,21H2,1-2H3. The summed E-state index contributed by atoms with van der Waals surface area (Å²) in [4.78, 5) is 37.5. The number of carbonyl (C=O) groups excluding carboxylic acids is 3. The Morgan fingerprint density at radius 3 is 2.44 bits per heavy atom. The predicted molar refractivity (Wildman–Crippen MR) is 99.9 cm³/mol. The molecule has 2 aromatic carbocycles. The van der Waals surface area contributed by atoms with E-state index in [-0.39, 0.29) is 23.0 Å². The summed E-state index contributed by atoms with van der Waals surface area (Å²) in [6.45, 7) is 3.05. The average molecular weight is 368 g/mol. The lowest BCUT2D eigenvalue weighted by atomic mass is 10.00. The second kappa shape index (κ2) is 7.49. The zero-order chi connectivity index (χ0) is 19.6. The predicted octanol–water partition coefficient (Wildman–Crippen LogP) is 2.71. The smallest absolute Gasteiger partial charge is 0.308 e. The monoisotopic (exact) mass is 368 g/mol. The molecule has 0 spiro atoms. The van der Waals surface area contributed by atoms with Gasteiger partial charge in [-0.25, -0.2) is 0 Å². The summed E-state index contributed by atoms with van der Waals surface area (Å²) in [6.07, 6.45) is 1.64. The van der Waals surface area contributed by atoms with Crippen LogP contribution in [0.1, 0.15) is 36.2 Å². The Balaban J connectivity index is 1.99. The van der Waals surface area contributed by atoms with E-state index in [9.17, 15) is 14.4 Å². The highest BCUT2D eigenvalue weighted by Gasteiger charge is 2.26. The van der Waals surface area contributed by atoms with Gasteiger partial charge in [-0.15, -0.1) is 0 Å². The van der Waals surface area contributed by atoms with Crippen molar-refractivity contribution in [3.63, 3.8) is 0 Å². The number of esters is 2. The first-order valence-corrected chi connectivity index (χ1v) is 8.56. The molecule has 2 N–H and O–H groups in total. The van der Waals surface area contributed by atoms with Crippen molar-refractivity contribution in [3.8, 4) is 11.5 Å². The maximum Gasteiger partial charge on any atom is 0.308 e. The van der Waals surface area contributed by atoms with Gasteiger partial charge in [0.15, 0.2) is 0 Å². The zero-order valence-corrected chi connectivity index (χ0v) is 15.2. The van der Waals surface area contributed by atoms with Gasteiger partial charge in [0.1, 0.15) is 11.5 Å². The van der Waals surface area contributed by atoms with E-state index in [1.807, 2.05) is 12.1 Å². The molecule has 27 heavy (non-hydrogen) atoms. The van der Waals surface area contributed by atoms with Crippen molar-refractivity contribution < 1.29 is 23.9 Å². The second-order valence-corrected chi connectivity index (χ2v) is 6.29. The fraction of sp³-hybridized carbons (Fsp3) is 0.250. The van der Waals surface area contributed by atoms with Crippen LogP contribution in [0.3, 0.4) is 0 Å². The number of hydrogen-bond acceptors (Lipinski definition) is 6. The van der Waals surface area contributed by atoms with Crippen LogP contribution in [0.4, 0.5) is 11.4 Å². The molecule has 3 rings (SSSR count). The third-order valence-electron chi connectivity index (χ3n) is 4.17. The summed E-state index contributed by atoms with van der Waals surface area (Å²) in [6, 6.07) is 9.79. The number of ether oxygens (including phenoxy) is 2. The van der Waals surface area contributed by atoms with Crippen LogP contribution in [-0.4, -0.2) is 24.4 Å². The lowest BCUT2D eigenvalue weighted by Gasteiger charge is -2.30. The van der Waals surface area contributed by atoms with Gasteiger partial charge in [0.05, 0.1) is 5.56 Å². The highest BCUT2D eigenvalue weighted by Crippen LogP contribution is 2.33. The minimum absolute atomic E-state index is 0.0498. The third-order valence-corrected chi connectivity index (χ3v) is 4.17. The molecule has 1 aliphatic heterocycles. The Morgan fingerprint density at radius 1 is 1.00 bits per heavy atom. The van der Waals surface area contributed by atoms with Crippen LogP contribution >= 0.6 is 0 Å². The largest absolute Gasteiger partial charge is 0.427 e. The van der Waals surface area contributed by atoms with Crippen LogP contribution in [0.15, 0.2) is 36.4 Å². The Labute approximate surface area is 156 Å². The number of nitrogen functional groups attached to an aromatic ring is 1. The van der Waals surface area contributed by atoms with E-state index in [4.69, 9.17) is 15.2 Å². The van der Waals surface area contributed by atoms with Crippen LogP contribution in [0.2, 0.25) is 0 Å². The number of benzene rings is 2. The van der Waals surface area contributed by atoms with Crippen LogP contribution in [0, 0.1) is 0 Å². The number of amides is 1. The SMILES string of the molecule is CC(=O)Oc1ccc(C(=O)N2CCCc3cc(N)ccc32)c(OC(C)=O)c1. The number of nitrogens with two attached hydrogens (primary N) is 1. The molecule has 7 heteroatoms. The van der Waals surface area contributed by atoms with Crippen molar-refractivity contribution >= 4 is 29.2 Å². The Bertz CT molecular complexity index is 923. The molecule has 0 aromatic heterocycles. The van der Waals surface area contributed by atoms with E-state index in [1.165, 1.54) is 32.0 Å². The summed E-state index contributed by atoms with van der Waals surface area (Å²) >= 11 is 0. The van der Waals surface area contributed by atoms with Gasteiger partial charge >= 0.3 is 11.9 Å². The van der Waals surface area contributed by atoms with Gasteiger partial charge in [-0.3, -0.25) is 14.4 Å². The molecule has 0 radical (unpaired) electrons. The Morgan fingerprint density at radius 2 is 1.74 bits per heavy atom. The molecule has 1 heterocycles. The molecule has 0 bridgehead atoms. The van der Waals surface area contributed by atoms with E-state index in [0.717, 1.165) is 24.1 Å². The Hall–Kier alpha value is -3.35. The molecule has 1 aliphatic rings. The topological polar surface area (TPSA) is 98.9 Å². The molecular formula is C20H20N2O5. The molecule has 0 saturated heterocycles. The van der Waals surface area contributed by atoms with E-state index >= 15 is 0 Å². The van der Waals surface area contributed by atoms with Gasteiger partial charge < -0.3 is 20.1 Å². The number of nitrogens with zero attached hydrogens (tertiary/aromatic N) is 1. The lowest BCUT2D eigenvalue weighted by Crippen LogP contribution is -2.35. The molecule has 0 atom stereocenters. The maximum atomic E-state index is 13.2. The first-order chi connectivity index (χ1) is 12.8. The summed E-state index contributed by atoms with van der Waals surface area (Å²) < 4.78 is 10.2. The summed E-state index contributed by atoms with van der Waals surface area (Å²) in [5, 5.41) is 0. The number of aryl methyl sites for hydroxylation is 1. The fourth-order valence-corrected chi connectivity index (χ4v) is 3.12. The molecule has 7 nitrogen and oxygen atoms in total. The number of hydrogen-bond donors (Lipinski definition) is 1. The molecule has 0 unspecified atom stereocenters. The van der Waals surface area contributed by atoms with Crippen molar-refractivity contribution in [2.75, 3.05) is 17.2 Å². The Kier molecular flexibility index (Phi) is 5.12. The molecular weight excluding hydrogens is 348 g/mol. The van der Waals surface area contributed by atoms with Gasteiger partial charge in [0.2, 0.25) is 0 Å². The average Bonchev–Trinajstić information content (AvgIpc) is 2.59. The van der Waals surface area contributed by atoms with Crippen LogP contribution in [-0.2, 0) is 16.0 Å².